The first-order valence-corrected chi connectivity index (χ1v) is 10.5. The largest absolute Gasteiger partial charge is 0.350 e. The van der Waals surface area contributed by atoms with Crippen molar-refractivity contribution in [2.24, 2.45) is 40.1 Å². The Morgan fingerprint density at radius 3 is 2.45 bits per heavy atom. The van der Waals surface area contributed by atoms with Crippen molar-refractivity contribution in [3.63, 3.8) is 0 Å². The van der Waals surface area contributed by atoms with Crippen molar-refractivity contribution < 1.29 is 9.59 Å². The van der Waals surface area contributed by atoms with Crippen LogP contribution in [0.3, 0.4) is 0 Å². The predicted molar refractivity (Wildman–Crippen MR) is 110 cm³/mol. The number of hydrogen-bond acceptors (Lipinski definition) is 4. The van der Waals surface area contributed by atoms with Crippen LogP contribution >= 0.6 is 0 Å². The molecule has 29 heavy (non-hydrogen) atoms. The van der Waals surface area contributed by atoms with Crippen LogP contribution in [0.15, 0.2) is 35.2 Å². The number of primary amides is 2. The fourth-order valence-corrected chi connectivity index (χ4v) is 6.53. The Balaban J connectivity index is 1.50. The van der Waals surface area contributed by atoms with Crippen LogP contribution in [0.5, 0.6) is 0 Å². The zero-order chi connectivity index (χ0) is 20.8. The van der Waals surface area contributed by atoms with E-state index in [-0.39, 0.29) is 10.8 Å². The van der Waals surface area contributed by atoms with Gasteiger partial charge in [0.2, 0.25) is 0 Å². The van der Waals surface area contributed by atoms with Gasteiger partial charge in [-0.3, -0.25) is 16.3 Å². The van der Waals surface area contributed by atoms with E-state index in [1.807, 2.05) is 0 Å². The van der Waals surface area contributed by atoms with Crippen LogP contribution in [0.4, 0.5) is 9.59 Å². The highest BCUT2D eigenvalue weighted by Crippen LogP contribution is 2.64. The van der Waals surface area contributed by atoms with Gasteiger partial charge >= 0.3 is 12.1 Å². The second kappa shape index (κ2) is 7.00. The van der Waals surface area contributed by atoms with Crippen LogP contribution in [-0.4, -0.2) is 12.1 Å². The fourth-order valence-electron chi connectivity index (χ4n) is 6.53. The van der Waals surface area contributed by atoms with Crippen molar-refractivity contribution in [2.45, 2.75) is 52.4 Å². The third-order valence-electron chi connectivity index (χ3n) is 8.04. The molecule has 5 atom stereocenters. The summed E-state index contributed by atoms with van der Waals surface area (Å²) in [5.74, 6) is 1.88. The molecule has 0 saturated heterocycles. The molecule has 4 aliphatic carbocycles. The van der Waals surface area contributed by atoms with Crippen molar-refractivity contribution in [1.29, 1.82) is 0 Å². The van der Waals surface area contributed by atoms with Crippen LogP contribution in [0.25, 0.3) is 0 Å². The standard InChI is InChI=1S/C21H32N6O2/c1-20-9-7-13(24-26-18(22)28)11-12(20)3-4-14-15-5-6-17(25-27-19(23)29)21(15,2)10-8-16(14)20/h6-7,11,14-16,24-25H,3-5,8-10H2,1-2H3,(H3,22,26,28)(H3,23,27,29)/t14-,15+,16+,20+,21-/m0/s1. The van der Waals surface area contributed by atoms with E-state index in [1.165, 1.54) is 12.0 Å². The van der Waals surface area contributed by atoms with E-state index in [0.29, 0.717) is 17.8 Å². The van der Waals surface area contributed by atoms with Crippen molar-refractivity contribution in [1.82, 2.24) is 21.7 Å². The molecule has 0 aliphatic heterocycles. The number of hydrazine groups is 2. The molecule has 4 amide bonds. The molecule has 0 radical (unpaired) electrons. The molecule has 0 spiro atoms. The average molecular weight is 401 g/mol. The molecule has 2 fully saturated rings. The molecule has 8 heteroatoms. The highest BCUT2D eigenvalue weighted by molar-refractivity contribution is 5.71. The molecule has 8 N–H and O–H groups in total. The Hall–Kier alpha value is -2.64. The molecule has 4 aliphatic rings. The second-order valence-electron chi connectivity index (χ2n) is 9.40. The molecule has 0 unspecified atom stereocenters. The first-order valence-electron chi connectivity index (χ1n) is 10.5. The number of allylic oxidation sites excluding steroid dienone is 5. The van der Waals surface area contributed by atoms with Gasteiger partial charge in [-0.25, -0.2) is 9.59 Å². The number of carbonyl (C=O) groups is 2. The quantitative estimate of drug-likeness (QED) is 0.404. The number of urea groups is 2. The monoisotopic (exact) mass is 400 g/mol. The first-order chi connectivity index (χ1) is 13.7. The molecule has 0 heterocycles. The van der Waals surface area contributed by atoms with Crippen LogP contribution < -0.4 is 33.2 Å². The number of amides is 4. The molecule has 158 valence electrons. The first kappa shape index (κ1) is 19.7. The van der Waals surface area contributed by atoms with Crippen LogP contribution in [0.2, 0.25) is 0 Å². The molecular formula is C21H32N6O2. The highest BCUT2D eigenvalue weighted by Gasteiger charge is 2.56. The molecule has 0 bridgehead atoms. The van der Waals surface area contributed by atoms with E-state index in [2.05, 4.69) is 53.8 Å². The summed E-state index contributed by atoms with van der Waals surface area (Å²) < 4.78 is 0. The number of carbonyl (C=O) groups excluding carboxylic acids is 2. The number of nitrogens with one attached hydrogen (secondary N) is 4. The Morgan fingerprint density at radius 2 is 1.72 bits per heavy atom. The highest BCUT2D eigenvalue weighted by atomic mass is 16.2. The van der Waals surface area contributed by atoms with Crippen LogP contribution in [0, 0.1) is 28.6 Å². The fraction of sp³-hybridized carbons (Fsp3) is 0.619. The molecular weight excluding hydrogens is 368 g/mol. The van der Waals surface area contributed by atoms with Crippen molar-refractivity contribution in [3.05, 3.63) is 35.2 Å². The lowest BCUT2D eigenvalue weighted by molar-refractivity contribution is -0.0244. The summed E-state index contributed by atoms with van der Waals surface area (Å²) in [5.41, 5.74) is 25.1. The van der Waals surface area contributed by atoms with E-state index < -0.39 is 12.1 Å². The Labute approximate surface area is 171 Å². The van der Waals surface area contributed by atoms with E-state index in [9.17, 15) is 9.59 Å². The molecule has 0 aromatic heterocycles. The van der Waals surface area contributed by atoms with Crippen molar-refractivity contribution >= 4 is 12.1 Å². The minimum atomic E-state index is -0.586. The maximum Gasteiger partial charge on any atom is 0.330 e. The summed E-state index contributed by atoms with van der Waals surface area (Å²) >= 11 is 0. The zero-order valence-corrected chi connectivity index (χ0v) is 17.2. The third-order valence-corrected chi connectivity index (χ3v) is 8.04. The maximum atomic E-state index is 11.1. The van der Waals surface area contributed by atoms with Crippen LogP contribution in [-0.2, 0) is 0 Å². The van der Waals surface area contributed by atoms with Crippen LogP contribution in [0.1, 0.15) is 52.4 Å². The third kappa shape index (κ3) is 3.24. The van der Waals surface area contributed by atoms with Gasteiger partial charge in [0.15, 0.2) is 0 Å². The Bertz CT molecular complexity index is 818. The SMILES string of the molecule is C[C@@]12CC=C(NNC(N)=O)C=C1CC[C@@H]1[C@H]2CC[C@]2(C)C(NNC(N)=O)=CC[C@H]12. The van der Waals surface area contributed by atoms with Gasteiger partial charge in [-0.15, -0.1) is 0 Å². The summed E-state index contributed by atoms with van der Waals surface area (Å²) in [4.78, 5) is 22.1. The summed E-state index contributed by atoms with van der Waals surface area (Å²) in [5, 5.41) is 0. The van der Waals surface area contributed by atoms with E-state index in [1.54, 1.807) is 0 Å². The zero-order valence-electron chi connectivity index (χ0n) is 17.2. The van der Waals surface area contributed by atoms with E-state index in [4.69, 9.17) is 11.5 Å². The van der Waals surface area contributed by atoms with E-state index >= 15 is 0 Å². The van der Waals surface area contributed by atoms with Crippen molar-refractivity contribution in [2.75, 3.05) is 0 Å². The van der Waals surface area contributed by atoms with Gasteiger partial charge in [-0.2, -0.15) is 0 Å². The second-order valence-corrected chi connectivity index (χ2v) is 9.40. The number of rotatable bonds is 4. The minimum absolute atomic E-state index is 0.0593. The average Bonchev–Trinajstić information content (AvgIpc) is 3.01. The molecule has 2 saturated carbocycles. The Kier molecular flexibility index (Phi) is 4.75. The molecule has 4 rings (SSSR count). The Morgan fingerprint density at radius 1 is 1.00 bits per heavy atom. The molecule has 0 aromatic carbocycles. The smallest absolute Gasteiger partial charge is 0.330 e. The van der Waals surface area contributed by atoms with Gasteiger partial charge in [-0.1, -0.05) is 31.6 Å². The normalized spacial score (nSPS) is 37.6. The summed E-state index contributed by atoms with van der Waals surface area (Å²) in [6.07, 6.45) is 13.1. The lowest BCUT2D eigenvalue weighted by Gasteiger charge is -2.57. The maximum absolute atomic E-state index is 11.1. The molecule has 8 nitrogen and oxygen atoms in total. The van der Waals surface area contributed by atoms with Gasteiger partial charge in [-0.05, 0) is 67.8 Å². The minimum Gasteiger partial charge on any atom is -0.350 e. The van der Waals surface area contributed by atoms with Gasteiger partial charge < -0.3 is 16.9 Å². The van der Waals surface area contributed by atoms with Crippen molar-refractivity contribution in [3.8, 4) is 0 Å². The summed E-state index contributed by atoms with van der Waals surface area (Å²) in [6.45, 7) is 4.73. The predicted octanol–water partition coefficient (Wildman–Crippen LogP) is 2.28. The lowest BCUT2D eigenvalue weighted by atomic mass is 9.47. The van der Waals surface area contributed by atoms with Gasteiger partial charge in [0.05, 0.1) is 5.70 Å². The van der Waals surface area contributed by atoms with Gasteiger partial charge in [0, 0.05) is 11.1 Å². The van der Waals surface area contributed by atoms with Gasteiger partial charge in [0.1, 0.15) is 0 Å². The number of hydrogen-bond donors (Lipinski definition) is 6. The summed E-state index contributed by atoms with van der Waals surface area (Å²) in [6, 6.07) is -1.15. The lowest BCUT2D eigenvalue weighted by Crippen LogP contribution is -2.52. The van der Waals surface area contributed by atoms with Gasteiger partial charge in [0.25, 0.3) is 0 Å². The topological polar surface area (TPSA) is 134 Å². The van der Waals surface area contributed by atoms with E-state index in [0.717, 1.165) is 43.5 Å². The molecule has 0 aromatic rings. The summed E-state index contributed by atoms with van der Waals surface area (Å²) in [7, 11) is 0. The number of fused-ring (bicyclic) bond motifs is 5. The number of nitrogens with two attached hydrogens (primary N) is 2.